The molecule has 1 saturated heterocycles. The first kappa shape index (κ1) is 16.0. The molecule has 1 fully saturated rings. The molecular weight excluding hydrogens is 308 g/mol. The van der Waals surface area contributed by atoms with Gasteiger partial charge in [-0.1, -0.05) is 6.07 Å². The molecule has 126 valence electrons. The minimum atomic E-state index is -0.738. The monoisotopic (exact) mass is 328 g/mol. The molecule has 0 radical (unpaired) electrons. The molecule has 24 heavy (non-hydrogen) atoms. The number of hydrogen-bond acceptors (Lipinski definition) is 7. The molecule has 0 bridgehead atoms. The summed E-state index contributed by atoms with van der Waals surface area (Å²) in [5, 5.41) is 12.2. The van der Waals surface area contributed by atoms with Gasteiger partial charge in [0.1, 0.15) is 17.8 Å². The predicted octanol–water partition coefficient (Wildman–Crippen LogP) is 1.81. The summed E-state index contributed by atoms with van der Waals surface area (Å²) in [5.41, 5.74) is 7.72. The highest BCUT2D eigenvalue weighted by Crippen LogP contribution is 2.30. The Bertz CT molecular complexity index is 726. The van der Waals surface area contributed by atoms with Crippen molar-refractivity contribution in [1.29, 1.82) is 0 Å². The van der Waals surface area contributed by atoms with Crippen molar-refractivity contribution in [2.75, 3.05) is 29.0 Å². The van der Waals surface area contributed by atoms with Crippen LogP contribution in [0.1, 0.15) is 18.4 Å². The van der Waals surface area contributed by atoms with E-state index in [1.807, 2.05) is 24.0 Å². The highest BCUT2D eigenvalue weighted by molar-refractivity contribution is 5.78. The van der Waals surface area contributed by atoms with Gasteiger partial charge in [0.25, 0.3) is 0 Å². The van der Waals surface area contributed by atoms with Gasteiger partial charge in [-0.15, -0.1) is 0 Å². The van der Waals surface area contributed by atoms with Crippen LogP contribution in [-0.4, -0.2) is 39.1 Å². The molecule has 1 aliphatic heterocycles. The highest BCUT2D eigenvalue weighted by Gasteiger charge is 2.26. The molecule has 0 amide bonds. The van der Waals surface area contributed by atoms with E-state index in [0.717, 1.165) is 5.56 Å². The number of nitrogens with one attached hydrogen (secondary N) is 1. The van der Waals surface area contributed by atoms with Gasteiger partial charge in [0.15, 0.2) is 11.6 Å². The van der Waals surface area contributed by atoms with E-state index in [1.165, 1.54) is 6.33 Å². The molecule has 8 nitrogen and oxygen atoms in total. The van der Waals surface area contributed by atoms with Crippen molar-refractivity contribution in [3.63, 3.8) is 0 Å². The number of nitrogens with two attached hydrogens (primary N) is 1. The predicted molar refractivity (Wildman–Crippen MR) is 91.3 cm³/mol. The van der Waals surface area contributed by atoms with Gasteiger partial charge in [-0.05, 0) is 31.4 Å². The maximum absolute atomic E-state index is 11.1. The van der Waals surface area contributed by atoms with E-state index in [1.54, 1.807) is 6.20 Å². The second kappa shape index (κ2) is 6.69. The summed E-state index contributed by atoms with van der Waals surface area (Å²) >= 11 is 0. The van der Waals surface area contributed by atoms with E-state index in [0.29, 0.717) is 49.1 Å². The van der Waals surface area contributed by atoms with Crippen LogP contribution in [0.2, 0.25) is 0 Å². The molecular formula is C16H20N6O2. The summed E-state index contributed by atoms with van der Waals surface area (Å²) < 4.78 is 0. The van der Waals surface area contributed by atoms with Crippen LogP contribution >= 0.6 is 0 Å². The van der Waals surface area contributed by atoms with Gasteiger partial charge in [-0.2, -0.15) is 0 Å². The van der Waals surface area contributed by atoms with E-state index in [9.17, 15) is 4.79 Å². The average molecular weight is 328 g/mol. The van der Waals surface area contributed by atoms with E-state index < -0.39 is 5.97 Å². The van der Waals surface area contributed by atoms with E-state index in [-0.39, 0.29) is 5.92 Å². The molecule has 0 atom stereocenters. The highest BCUT2D eigenvalue weighted by atomic mass is 16.4. The van der Waals surface area contributed by atoms with Gasteiger partial charge in [-0.3, -0.25) is 4.79 Å². The lowest BCUT2D eigenvalue weighted by Crippen LogP contribution is -2.37. The molecule has 8 heteroatoms. The topological polar surface area (TPSA) is 117 Å². The van der Waals surface area contributed by atoms with Crippen molar-refractivity contribution in [1.82, 2.24) is 15.0 Å². The SMILES string of the molecule is Cc1ccc(Nc2ncnc(N3CCC(C(=O)O)CC3)c2N)nc1. The number of aryl methyl sites for hydroxylation is 1. The summed E-state index contributed by atoms with van der Waals surface area (Å²) in [6, 6.07) is 3.80. The number of carboxylic acid groups (broad SMARTS) is 1. The number of nitrogen functional groups attached to an aromatic ring is 1. The number of pyridine rings is 1. The third kappa shape index (κ3) is 3.37. The van der Waals surface area contributed by atoms with Gasteiger partial charge in [0.2, 0.25) is 0 Å². The normalized spacial score (nSPS) is 15.3. The van der Waals surface area contributed by atoms with Crippen LogP contribution < -0.4 is 16.0 Å². The fourth-order valence-electron chi connectivity index (χ4n) is 2.74. The van der Waals surface area contributed by atoms with Gasteiger partial charge < -0.3 is 21.1 Å². The van der Waals surface area contributed by atoms with Crippen molar-refractivity contribution in [3.05, 3.63) is 30.2 Å². The van der Waals surface area contributed by atoms with Gasteiger partial charge in [0.05, 0.1) is 5.92 Å². The summed E-state index contributed by atoms with van der Waals surface area (Å²) in [6.45, 7) is 3.19. The van der Waals surface area contributed by atoms with Crippen LogP contribution in [0.25, 0.3) is 0 Å². The number of carbonyl (C=O) groups is 1. The van der Waals surface area contributed by atoms with Crippen molar-refractivity contribution < 1.29 is 9.90 Å². The van der Waals surface area contributed by atoms with Crippen LogP contribution in [0.5, 0.6) is 0 Å². The molecule has 0 spiro atoms. The Hall–Kier alpha value is -2.90. The van der Waals surface area contributed by atoms with Crippen molar-refractivity contribution >= 4 is 29.1 Å². The molecule has 2 aromatic heterocycles. The van der Waals surface area contributed by atoms with E-state index >= 15 is 0 Å². The second-order valence-corrected chi connectivity index (χ2v) is 5.90. The van der Waals surface area contributed by atoms with Gasteiger partial charge >= 0.3 is 5.97 Å². The summed E-state index contributed by atoms with van der Waals surface area (Å²) in [4.78, 5) is 25.8. The van der Waals surface area contributed by atoms with Crippen molar-refractivity contribution in [2.45, 2.75) is 19.8 Å². The Labute approximate surface area is 139 Å². The van der Waals surface area contributed by atoms with Gasteiger partial charge in [-0.25, -0.2) is 15.0 Å². The molecule has 2 aromatic rings. The quantitative estimate of drug-likeness (QED) is 0.778. The minimum absolute atomic E-state index is 0.293. The number of nitrogens with zero attached hydrogens (tertiary/aromatic N) is 4. The molecule has 0 unspecified atom stereocenters. The smallest absolute Gasteiger partial charge is 0.306 e. The largest absolute Gasteiger partial charge is 0.481 e. The summed E-state index contributed by atoms with van der Waals surface area (Å²) in [5.74, 6) is 0.749. The zero-order valence-corrected chi connectivity index (χ0v) is 13.4. The number of aromatic nitrogens is 3. The van der Waals surface area contributed by atoms with Crippen LogP contribution in [0.4, 0.5) is 23.1 Å². The number of rotatable bonds is 4. The first-order valence-corrected chi connectivity index (χ1v) is 7.82. The molecule has 3 heterocycles. The molecule has 3 rings (SSSR count). The number of piperidine rings is 1. The second-order valence-electron chi connectivity index (χ2n) is 5.90. The van der Waals surface area contributed by atoms with Crippen LogP contribution in [-0.2, 0) is 4.79 Å². The van der Waals surface area contributed by atoms with Crippen LogP contribution in [0, 0.1) is 12.8 Å². The van der Waals surface area contributed by atoms with E-state index in [2.05, 4.69) is 20.3 Å². The van der Waals surface area contributed by atoms with E-state index in [4.69, 9.17) is 10.8 Å². The van der Waals surface area contributed by atoms with Crippen molar-refractivity contribution in [3.8, 4) is 0 Å². The third-order valence-corrected chi connectivity index (χ3v) is 4.16. The lowest BCUT2D eigenvalue weighted by Gasteiger charge is -2.31. The Balaban J connectivity index is 1.76. The lowest BCUT2D eigenvalue weighted by molar-refractivity contribution is -0.142. The van der Waals surface area contributed by atoms with Gasteiger partial charge in [0, 0.05) is 19.3 Å². The summed E-state index contributed by atoms with van der Waals surface area (Å²) in [7, 11) is 0. The summed E-state index contributed by atoms with van der Waals surface area (Å²) in [6.07, 6.45) is 4.38. The zero-order chi connectivity index (χ0) is 17.1. The minimum Gasteiger partial charge on any atom is -0.481 e. The fourth-order valence-corrected chi connectivity index (χ4v) is 2.74. The zero-order valence-electron chi connectivity index (χ0n) is 13.4. The maximum Gasteiger partial charge on any atom is 0.306 e. The third-order valence-electron chi connectivity index (χ3n) is 4.16. The standard InChI is InChI=1S/C16H20N6O2/c1-10-2-3-12(18-8-10)21-14-13(17)15(20-9-19-14)22-6-4-11(5-7-22)16(23)24/h2-3,8-9,11H,4-7,17H2,1H3,(H,23,24)(H,18,19,20,21). The van der Waals surface area contributed by atoms with Crippen LogP contribution in [0.3, 0.4) is 0 Å². The average Bonchev–Trinajstić information content (AvgIpc) is 2.59. The number of aliphatic carboxylic acids is 1. The molecule has 1 aliphatic rings. The Morgan fingerprint density at radius 1 is 1.29 bits per heavy atom. The number of carboxylic acids is 1. The number of anilines is 4. The first-order valence-electron chi connectivity index (χ1n) is 7.82. The number of hydrogen-bond donors (Lipinski definition) is 3. The Kier molecular flexibility index (Phi) is 4.45. The lowest BCUT2D eigenvalue weighted by atomic mass is 9.97. The maximum atomic E-state index is 11.1. The fraction of sp³-hybridized carbons (Fsp3) is 0.375. The Morgan fingerprint density at radius 3 is 2.67 bits per heavy atom. The molecule has 0 aromatic carbocycles. The van der Waals surface area contributed by atoms with Crippen molar-refractivity contribution in [2.24, 2.45) is 5.92 Å². The molecule has 0 saturated carbocycles. The first-order chi connectivity index (χ1) is 11.5. The molecule has 4 N–H and O–H groups in total. The van der Waals surface area contributed by atoms with Crippen LogP contribution in [0.15, 0.2) is 24.7 Å². The molecule has 0 aliphatic carbocycles. The Morgan fingerprint density at radius 2 is 2.04 bits per heavy atom.